The SMILES string of the molecule is O=C(Cc1ccc(-c2ccncc2)cc1)Cc1ccc2ccccc2n1. The maximum absolute atomic E-state index is 12.4. The van der Waals surface area contributed by atoms with E-state index in [0.29, 0.717) is 12.8 Å². The van der Waals surface area contributed by atoms with Crippen LogP contribution < -0.4 is 0 Å². The molecule has 0 radical (unpaired) electrons. The van der Waals surface area contributed by atoms with Crippen LogP contribution >= 0.6 is 0 Å². The number of carbonyl (C=O) groups excluding carboxylic acids is 1. The zero-order valence-corrected chi connectivity index (χ0v) is 14.3. The van der Waals surface area contributed by atoms with Crippen molar-refractivity contribution in [1.29, 1.82) is 0 Å². The van der Waals surface area contributed by atoms with Gasteiger partial charge in [-0.25, -0.2) is 0 Å². The summed E-state index contributed by atoms with van der Waals surface area (Å²) in [7, 11) is 0. The van der Waals surface area contributed by atoms with Gasteiger partial charge in [-0.3, -0.25) is 14.8 Å². The lowest BCUT2D eigenvalue weighted by atomic mass is 10.0. The number of rotatable bonds is 5. The molecule has 0 N–H and O–H groups in total. The van der Waals surface area contributed by atoms with E-state index in [4.69, 9.17) is 0 Å². The number of hydrogen-bond acceptors (Lipinski definition) is 3. The van der Waals surface area contributed by atoms with E-state index in [9.17, 15) is 4.79 Å². The zero-order chi connectivity index (χ0) is 17.8. The van der Waals surface area contributed by atoms with Crippen molar-refractivity contribution in [2.24, 2.45) is 0 Å². The second-order valence-electron chi connectivity index (χ2n) is 6.32. The molecule has 26 heavy (non-hydrogen) atoms. The molecular formula is C23H18N2O. The van der Waals surface area contributed by atoms with Crippen LogP contribution in [0.15, 0.2) is 85.2 Å². The number of pyridine rings is 2. The van der Waals surface area contributed by atoms with E-state index in [1.807, 2.05) is 72.8 Å². The van der Waals surface area contributed by atoms with Crippen LogP contribution in [0.3, 0.4) is 0 Å². The lowest BCUT2D eigenvalue weighted by molar-refractivity contribution is -0.117. The third-order valence-electron chi connectivity index (χ3n) is 4.40. The molecule has 2 aromatic carbocycles. The standard InChI is InChI=1S/C23H18N2O/c26-22(16-21-10-9-20-3-1-2-4-23(20)25-21)15-17-5-7-18(8-6-17)19-11-13-24-14-12-19/h1-14H,15-16H2. The molecule has 126 valence electrons. The first-order valence-electron chi connectivity index (χ1n) is 8.64. The fourth-order valence-corrected chi connectivity index (χ4v) is 3.06. The minimum Gasteiger partial charge on any atom is -0.299 e. The molecule has 0 aliphatic rings. The van der Waals surface area contributed by atoms with Gasteiger partial charge in [0.2, 0.25) is 0 Å². The number of nitrogens with zero attached hydrogens (tertiary/aromatic N) is 2. The molecule has 0 spiro atoms. The Kier molecular flexibility index (Phi) is 4.52. The number of Topliss-reactive ketones (excluding diaryl/α,β-unsaturated/α-hetero) is 1. The average molecular weight is 338 g/mol. The van der Waals surface area contributed by atoms with Gasteiger partial charge in [-0.1, -0.05) is 48.5 Å². The van der Waals surface area contributed by atoms with Crippen LogP contribution in [-0.2, 0) is 17.6 Å². The van der Waals surface area contributed by atoms with Crippen molar-refractivity contribution in [3.63, 3.8) is 0 Å². The van der Waals surface area contributed by atoms with Crippen LogP contribution in [0, 0.1) is 0 Å². The molecule has 0 fully saturated rings. The molecule has 0 saturated carbocycles. The predicted octanol–water partition coefficient (Wildman–Crippen LogP) is 4.65. The van der Waals surface area contributed by atoms with E-state index in [1.54, 1.807) is 12.4 Å². The Balaban J connectivity index is 1.44. The molecule has 0 aliphatic heterocycles. The van der Waals surface area contributed by atoms with Gasteiger partial charge in [0, 0.05) is 36.3 Å². The molecule has 2 aromatic heterocycles. The molecule has 3 heteroatoms. The molecule has 3 nitrogen and oxygen atoms in total. The number of ketones is 1. The average Bonchev–Trinajstić information content (AvgIpc) is 2.69. The van der Waals surface area contributed by atoms with Gasteiger partial charge in [-0.2, -0.15) is 0 Å². The van der Waals surface area contributed by atoms with Crippen LogP contribution in [0.25, 0.3) is 22.0 Å². The summed E-state index contributed by atoms with van der Waals surface area (Å²) in [5.41, 5.74) is 5.02. The zero-order valence-electron chi connectivity index (χ0n) is 14.3. The van der Waals surface area contributed by atoms with Crippen LogP contribution in [0.5, 0.6) is 0 Å². The van der Waals surface area contributed by atoms with E-state index in [1.165, 1.54) is 0 Å². The van der Waals surface area contributed by atoms with E-state index < -0.39 is 0 Å². The number of aromatic nitrogens is 2. The van der Waals surface area contributed by atoms with Gasteiger partial charge in [0.05, 0.1) is 5.52 Å². The number of carbonyl (C=O) groups is 1. The lowest BCUT2D eigenvalue weighted by Crippen LogP contribution is -2.07. The maximum Gasteiger partial charge on any atom is 0.143 e. The summed E-state index contributed by atoms with van der Waals surface area (Å²) in [5, 5.41) is 1.09. The minimum atomic E-state index is 0.171. The largest absolute Gasteiger partial charge is 0.299 e. The van der Waals surface area contributed by atoms with E-state index in [-0.39, 0.29) is 5.78 Å². The first kappa shape index (κ1) is 16.2. The van der Waals surface area contributed by atoms with Crippen LogP contribution in [-0.4, -0.2) is 15.8 Å². The van der Waals surface area contributed by atoms with Gasteiger partial charge in [0.25, 0.3) is 0 Å². The van der Waals surface area contributed by atoms with Gasteiger partial charge in [0.15, 0.2) is 0 Å². The molecule has 0 bridgehead atoms. The normalized spacial score (nSPS) is 10.8. The maximum atomic E-state index is 12.4. The van der Waals surface area contributed by atoms with Gasteiger partial charge >= 0.3 is 0 Å². The summed E-state index contributed by atoms with van der Waals surface area (Å²) >= 11 is 0. The molecule has 0 unspecified atom stereocenters. The Morgan fingerprint density at radius 3 is 2.27 bits per heavy atom. The minimum absolute atomic E-state index is 0.171. The fourth-order valence-electron chi connectivity index (χ4n) is 3.06. The van der Waals surface area contributed by atoms with Crippen LogP contribution in [0.1, 0.15) is 11.3 Å². The third kappa shape index (κ3) is 3.67. The van der Waals surface area contributed by atoms with Crippen molar-refractivity contribution >= 4 is 16.7 Å². The second kappa shape index (κ2) is 7.28. The summed E-state index contributed by atoms with van der Waals surface area (Å²) in [5.74, 6) is 0.171. The first-order valence-corrected chi connectivity index (χ1v) is 8.64. The molecular weight excluding hydrogens is 320 g/mol. The van der Waals surface area contributed by atoms with Crippen molar-refractivity contribution in [3.8, 4) is 11.1 Å². The number of hydrogen-bond donors (Lipinski definition) is 0. The van der Waals surface area contributed by atoms with Gasteiger partial charge in [0.1, 0.15) is 5.78 Å². The molecule has 2 heterocycles. The summed E-state index contributed by atoms with van der Waals surface area (Å²) in [6.45, 7) is 0. The van der Waals surface area contributed by atoms with Crippen molar-refractivity contribution in [3.05, 3.63) is 96.4 Å². The molecule has 0 aliphatic carbocycles. The fraction of sp³-hybridized carbons (Fsp3) is 0.0870. The van der Waals surface area contributed by atoms with Crippen molar-refractivity contribution < 1.29 is 4.79 Å². The van der Waals surface area contributed by atoms with Gasteiger partial charge < -0.3 is 0 Å². The molecule has 4 rings (SSSR count). The van der Waals surface area contributed by atoms with Crippen molar-refractivity contribution in [2.45, 2.75) is 12.8 Å². The highest BCUT2D eigenvalue weighted by Crippen LogP contribution is 2.19. The highest BCUT2D eigenvalue weighted by atomic mass is 16.1. The Labute approximate surface area is 152 Å². The molecule has 4 aromatic rings. The second-order valence-corrected chi connectivity index (χ2v) is 6.32. The third-order valence-corrected chi connectivity index (χ3v) is 4.40. The highest BCUT2D eigenvalue weighted by molar-refractivity contribution is 5.84. The van der Waals surface area contributed by atoms with Crippen molar-refractivity contribution in [2.75, 3.05) is 0 Å². The summed E-state index contributed by atoms with van der Waals surface area (Å²) in [6.07, 6.45) is 4.34. The summed E-state index contributed by atoms with van der Waals surface area (Å²) in [4.78, 5) is 21.0. The number of fused-ring (bicyclic) bond motifs is 1. The Morgan fingerprint density at radius 1 is 0.731 bits per heavy atom. The van der Waals surface area contributed by atoms with E-state index >= 15 is 0 Å². The number of para-hydroxylation sites is 1. The topological polar surface area (TPSA) is 42.9 Å². The predicted molar refractivity (Wildman–Crippen MR) is 104 cm³/mol. The molecule has 0 atom stereocenters. The highest BCUT2D eigenvalue weighted by Gasteiger charge is 2.08. The Bertz CT molecular complexity index is 1040. The molecule has 0 amide bonds. The van der Waals surface area contributed by atoms with Crippen molar-refractivity contribution in [1.82, 2.24) is 9.97 Å². The van der Waals surface area contributed by atoms with E-state index in [0.717, 1.165) is 33.3 Å². The quantitative estimate of drug-likeness (QED) is 0.532. The van der Waals surface area contributed by atoms with Crippen LogP contribution in [0.4, 0.5) is 0 Å². The van der Waals surface area contributed by atoms with E-state index in [2.05, 4.69) is 9.97 Å². The van der Waals surface area contributed by atoms with Gasteiger partial charge in [-0.05, 0) is 41.0 Å². The smallest absolute Gasteiger partial charge is 0.143 e. The number of benzene rings is 2. The monoisotopic (exact) mass is 338 g/mol. The van der Waals surface area contributed by atoms with Gasteiger partial charge in [-0.15, -0.1) is 0 Å². The summed E-state index contributed by atoms with van der Waals surface area (Å²) < 4.78 is 0. The van der Waals surface area contributed by atoms with Crippen LogP contribution in [0.2, 0.25) is 0 Å². The lowest BCUT2D eigenvalue weighted by Gasteiger charge is -2.05. The first-order chi connectivity index (χ1) is 12.8. The molecule has 0 saturated heterocycles. The Morgan fingerprint density at radius 2 is 1.46 bits per heavy atom. The summed E-state index contributed by atoms with van der Waals surface area (Å²) in [6, 6.07) is 24.0. The Hall–Kier alpha value is -3.33.